The largest absolute Gasteiger partial charge is 0.351 e. The highest BCUT2D eigenvalue weighted by molar-refractivity contribution is 5.58. The van der Waals surface area contributed by atoms with Gasteiger partial charge in [-0.15, -0.1) is 0 Å². The molecule has 1 atom stereocenters. The molecule has 7 heteroatoms. The summed E-state index contributed by atoms with van der Waals surface area (Å²) in [5, 5.41) is 7.68. The summed E-state index contributed by atoms with van der Waals surface area (Å²) in [5.41, 5.74) is 3.61. The van der Waals surface area contributed by atoms with Crippen LogP contribution in [0.5, 0.6) is 0 Å². The van der Waals surface area contributed by atoms with Crippen LogP contribution >= 0.6 is 0 Å². The van der Waals surface area contributed by atoms with Gasteiger partial charge in [-0.1, -0.05) is 0 Å². The number of pyridine rings is 1. The molecule has 1 N–H and O–H groups in total. The van der Waals surface area contributed by atoms with Gasteiger partial charge in [0.15, 0.2) is 0 Å². The lowest BCUT2D eigenvalue weighted by atomic mass is 10.1. The van der Waals surface area contributed by atoms with Crippen molar-refractivity contribution in [3.05, 3.63) is 84.8 Å². The molecule has 0 aliphatic heterocycles. The molecule has 0 saturated heterocycles. The Kier molecular flexibility index (Phi) is 5.05. The fourth-order valence-corrected chi connectivity index (χ4v) is 2.92. The van der Waals surface area contributed by atoms with E-state index in [4.69, 9.17) is 0 Å². The molecule has 140 valence electrons. The van der Waals surface area contributed by atoms with Gasteiger partial charge in [-0.25, -0.2) is 19.0 Å². The Morgan fingerprint density at radius 3 is 2.61 bits per heavy atom. The van der Waals surface area contributed by atoms with E-state index in [0.717, 1.165) is 23.4 Å². The molecule has 1 unspecified atom stereocenters. The van der Waals surface area contributed by atoms with Gasteiger partial charge in [0.05, 0.1) is 17.6 Å². The zero-order valence-corrected chi connectivity index (χ0v) is 15.3. The predicted molar refractivity (Wildman–Crippen MR) is 106 cm³/mol. The number of benzene rings is 1. The van der Waals surface area contributed by atoms with Crippen LogP contribution in [0.4, 0.5) is 10.3 Å². The minimum Gasteiger partial charge on any atom is -0.351 e. The maximum atomic E-state index is 13.1. The molecule has 6 nitrogen and oxygen atoms in total. The lowest BCUT2D eigenvalue weighted by Crippen LogP contribution is -2.19. The number of nitrogens with one attached hydrogen (secondary N) is 1. The van der Waals surface area contributed by atoms with E-state index in [2.05, 4.69) is 32.3 Å². The van der Waals surface area contributed by atoms with Crippen molar-refractivity contribution in [1.29, 1.82) is 0 Å². The lowest BCUT2D eigenvalue weighted by molar-refractivity contribution is 0.627. The Labute approximate surface area is 162 Å². The summed E-state index contributed by atoms with van der Waals surface area (Å²) in [6, 6.07) is 12.2. The molecule has 0 fully saturated rings. The summed E-state index contributed by atoms with van der Waals surface area (Å²) in [7, 11) is 0. The molecule has 3 heterocycles. The molecule has 0 saturated carbocycles. The molecular formula is C21H19FN6. The number of anilines is 1. The standard InChI is InChI=1S/C21H19FN6/c1-15(12-16-6-9-23-10-7-16)26-21-24-11-8-20(27-21)17-13-25-28(14-17)19-4-2-18(22)3-5-19/h2-11,13-15H,12H2,1H3,(H,24,26,27). The van der Waals surface area contributed by atoms with Gasteiger partial charge in [0.2, 0.25) is 5.95 Å². The summed E-state index contributed by atoms with van der Waals surface area (Å²) < 4.78 is 14.8. The molecule has 0 amide bonds. The molecule has 1 aromatic carbocycles. The van der Waals surface area contributed by atoms with Gasteiger partial charge >= 0.3 is 0 Å². The maximum Gasteiger partial charge on any atom is 0.223 e. The number of hydrogen-bond donors (Lipinski definition) is 1. The Morgan fingerprint density at radius 2 is 1.82 bits per heavy atom. The molecule has 0 bridgehead atoms. The maximum absolute atomic E-state index is 13.1. The van der Waals surface area contributed by atoms with Crippen molar-refractivity contribution in [2.24, 2.45) is 0 Å². The summed E-state index contributed by atoms with van der Waals surface area (Å²) in [6.07, 6.45) is 9.74. The Morgan fingerprint density at radius 1 is 1.04 bits per heavy atom. The van der Waals surface area contributed by atoms with E-state index >= 15 is 0 Å². The van der Waals surface area contributed by atoms with Crippen LogP contribution in [-0.2, 0) is 6.42 Å². The second kappa shape index (κ2) is 7.96. The fourth-order valence-electron chi connectivity index (χ4n) is 2.92. The topological polar surface area (TPSA) is 68.5 Å². The van der Waals surface area contributed by atoms with Crippen molar-refractivity contribution in [1.82, 2.24) is 24.7 Å². The second-order valence-electron chi connectivity index (χ2n) is 6.52. The van der Waals surface area contributed by atoms with Crippen LogP contribution < -0.4 is 5.32 Å². The Hall–Kier alpha value is -3.61. The molecule has 4 rings (SSSR count). The Balaban J connectivity index is 1.48. The van der Waals surface area contributed by atoms with Crippen LogP contribution in [0.25, 0.3) is 16.9 Å². The fraction of sp³-hybridized carbons (Fsp3) is 0.143. The molecule has 0 aliphatic rings. The van der Waals surface area contributed by atoms with Crippen molar-refractivity contribution in [3.8, 4) is 16.9 Å². The van der Waals surface area contributed by atoms with E-state index < -0.39 is 0 Å². The number of halogens is 1. The zero-order chi connectivity index (χ0) is 19.3. The highest BCUT2D eigenvalue weighted by atomic mass is 19.1. The lowest BCUT2D eigenvalue weighted by Gasteiger charge is -2.14. The SMILES string of the molecule is CC(Cc1ccncc1)Nc1nccc(-c2cnn(-c3ccc(F)cc3)c2)n1. The quantitative estimate of drug-likeness (QED) is 0.554. The van der Waals surface area contributed by atoms with Crippen molar-refractivity contribution in [2.75, 3.05) is 5.32 Å². The van der Waals surface area contributed by atoms with Gasteiger partial charge in [0.1, 0.15) is 5.82 Å². The first-order chi connectivity index (χ1) is 13.7. The molecule has 28 heavy (non-hydrogen) atoms. The van der Waals surface area contributed by atoms with Crippen molar-refractivity contribution in [3.63, 3.8) is 0 Å². The van der Waals surface area contributed by atoms with Gasteiger partial charge < -0.3 is 5.32 Å². The highest BCUT2D eigenvalue weighted by Gasteiger charge is 2.09. The normalized spacial score (nSPS) is 11.9. The highest BCUT2D eigenvalue weighted by Crippen LogP contribution is 2.19. The second-order valence-corrected chi connectivity index (χ2v) is 6.52. The molecular weight excluding hydrogens is 355 g/mol. The predicted octanol–water partition coefficient (Wildman–Crippen LogP) is 3.91. The van der Waals surface area contributed by atoms with E-state index in [1.807, 2.05) is 24.4 Å². The number of rotatable bonds is 6. The third kappa shape index (κ3) is 4.20. The van der Waals surface area contributed by atoms with E-state index in [1.54, 1.807) is 41.6 Å². The third-order valence-corrected chi connectivity index (χ3v) is 4.29. The van der Waals surface area contributed by atoms with Crippen LogP contribution in [0.1, 0.15) is 12.5 Å². The summed E-state index contributed by atoms with van der Waals surface area (Å²) in [6.45, 7) is 2.09. The monoisotopic (exact) mass is 374 g/mol. The van der Waals surface area contributed by atoms with E-state index in [9.17, 15) is 4.39 Å². The minimum atomic E-state index is -0.275. The summed E-state index contributed by atoms with van der Waals surface area (Å²) in [5.74, 6) is 0.289. The first-order valence-electron chi connectivity index (χ1n) is 8.97. The van der Waals surface area contributed by atoms with Crippen LogP contribution in [0.3, 0.4) is 0 Å². The Bertz CT molecular complexity index is 1050. The average molecular weight is 374 g/mol. The average Bonchev–Trinajstić information content (AvgIpc) is 3.20. The first-order valence-corrected chi connectivity index (χ1v) is 8.97. The first kappa shape index (κ1) is 17.8. The van der Waals surface area contributed by atoms with Crippen LogP contribution in [0.2, 0.25) is 0 Å². The van der Waals surface area contributed by atoms with Gasteiger partial charge in [0, 0.05) is 36.4 Å². The van der Waals surface area contributed by atoms with E-state index in [1.165, 1.54) is 17.7 Å². The van der Waals surface area contributed by atoms with Crippen LogP contribution in [0, 0.1) is 5.82 Å². The number of hydrogen-bond acceptors (Lipinski definition) is 5. The molecule has 0 aliphatic carbocycles. The van der Waals surface area contributed by atoms with Crippen molar-refractivity contribution < 1.29 is 4.39 Å². The number of nitrogens with zero attached hydrogens (tertiary/aromatic N) is 5. The van der Waals surface area contributed by atoms with E-state index in [-0.39, 0.29) is 11.9 Å². The van der Waals surface area contributed by atoms with Gasteiger partial charge in [-0.2, -0.15) is 5.10 Å². The van der Waals surface area contributed by atoms with Crippen LogP contribution in [-0.4, -0.2) is 30.8 Å². The summed E-state index contributed by atoms with van der Waals surface area (Å²) >= 11 is 0. The molecule has 0 radical (unpaired) electrons. The molecule has 0 spiro atoms. The van der Waals surface area contributed by atoms with Gasteiger partial charge in [0.25, 0.3) is 0 Å². The van der Waals surface area contributed by atoms with E-state index in [0.29, 0.717) is 5.95 Å². The van der Waals surface area contributed by atoms with Crippen molar-refractivity contribution in [2.45, 2.75) is 19.4 Å². The molecule has 4 aromatic rings. The third-order valence-electron chi connectivity index (χ3n) is 4.29. The van der Waals surface area contributed by atoms with Crippen molar-refractivity contribution >= 4 is 5.95 Å². The minimum absolute atomic E-state index is 0.166. The van der Waals surface area contributed by atoms with Gasteiger partial charge in [-0.3, -0.25) is 4.98 Å². The summed E-state index contributed by atoms with van der Waals surface area (Å²) in [4.78, 5) is 13.0. The smallest absolute Gasteiger partial charge is 0.223 e. The van der Waals surface area contributed by atoms with Gasteiger partial charge in [-0.05, 0) is 61.4 Å². The number of aromatic nitrogens is 5. The zero-order valence-electron chi connectivity index (χ0n) is 15.3. The molecule has 3 aromatic heterocycles. The van der Waals surface area contributed by atoms with Crippen LogP contribution in [0.15, 0.2) is 73.4 Å².